The van der Waals surface area contributed by atoms with Crippen LogP contribution in [0.5, 0.6) is 0 Å². The zero-order valence-corrected chi connectivity index (χ0v) is 13.6. The number of terminal acetylenes is 1. The zero-order chi connectivity index (χ0) is 16.3. The molecule has 0 spiro atoms. The van der Waals surface area contributed by atoms with Gasteiger partial charge in [0.05, 0.1) is 12.2 Å². The number of aromatic nitrogens is 2. The molecule has 2 aliphatic heterocycles. The van der Waals surface area contributed by atoms with Crippen LogP contribution in [0.2, 0.25) is 0 Å². The fourth-order valence-electron chi connectivity index (χ4n) is 3.16. The Morgan fingerprint density at radius 1 is 1.48 bits per heavy atom. The highest BCUT2D eigenvalue weighted by Crippen LogP contribution is 2.37. The molecule has 0 saturated carbocycles. The largest absolute Gasteiger partial charge is 0.341 e. The first kappa shape index (κ1) is 15.7. The van der Waals surface area contributed by atoms with Crippen molar-refractivity contribution in [3.05, 3.63) is 18.0 Å². The summed E-state index contributed by atoms with van der Waals surface area (Å²) in [7, 11) is 0. The summed E-state index contributed by atoms with van der Waals surface area (Å²) < 4.78 is 1.99. The molecule has 1 amide bonds. The first-order valence-electron chi connectivity index (χ1n) is 8.28. The van der Waals surface area contributed by atoms with Crippen molar-refractivity contribution in [1.29, 1.82) is 0 Å². The number of rotatable bonds is 6. The van der Waals surface area contributed by atoms with Crippen LogP contribution in [0.15, 0.2) is 22.6 Å². The Balaban J connectivity index is 1.50. The molecule has 1 aromatic rings. The van der Waals surface area contributed by atoms with Gasteiger partial charge in [-0.1, -0.05) is 0 Å². The van der Waals surface area contributed by atoms with Crippen molar-refractivity contribution >= 4 is 5.91 Å². The summed E-state index contributed by atoms with van der Waals surface area (Å²) in [4.78, 5) is 14.5. The van der Waals surface area contributed by atoms with E-state index in [1.54, 1.807) is 0 Å². The minimum atomic E-state index is -0.365. The lowest BCUT2D eigenvalue weighted by atomic mass is 10.0. The number of carbonyl (C=O) groups excluding carboxylic acids is 1. The summed E-state index contributed by atoms with van der Waals surface area (Å²) in [5.41, 5.74) is 0.789. The summed E-state index contributed by atoms with van der Waals surface area (Å²) in [6, 6.07) is 0.284. The van der Waals surface area contributed by atoms with Crippen LogP contribution < -0.4 is 0 Å². The molecular weight excluding hydrogens is 290 g/mol. The second-order valence-electron chi connectivity index (χ2n) is 6.52. The first-order chi connectivity index (χ1) is 11.1. The van der Waals surface area contributed by atoms with Crippen LogP contribution in [0.25, 0.3) is 0 Å². The van der Waals surface area contributed by atoms with Gasteiger partial charge in [0.2, 0.25) is 5.91 Å². The van der Waals surface area contributed by atoms with Crippen LogP contribution in [0.1, 0.15) is 50.1 Å². The maximum Gasteiger partial charge on any atom is 0.222 e. The smallest absolute Gasteiger partial charge is 0.222 e. The summed E-state index contributed by atoms with van der Waals surface area (Å²) in [5, 5.41) is 12.6. The van der Waals surface area contributed by atoms with Crippen molar-refractivity contribution in [2.45, 2.75) is 57.2 Å². The second-order valence-corrected chi connectivity index (χ2v) is 6.52. The molecule has 0 bridgehead atoms. The van der Waals surface area contributed by atoms with Gasteiger partial charge in [-0.2, -0.15) is 15.3 Å². The number of piperidine rings is 1. The van der Waals surface area contributed by atoms with Gasteiger partial charge in [0.25, 0.3) is 0 Å². The monoisotopic (exact) mass is 313 g/mol. The number of hydrogen-bond acceptors (Lipinski definition) is 4. The minimum Gasteiger partial charge on any atom is -0.341 e. The fourth-order valence-corrected chi connectivity index (χ4v) is 3.16. The van der Waals surface area contributed by atoms with Crippen molar-refractivity contribution < 1.29 is 4.79 Å². The quantitative estimate of drug-likeness (QED) is 0.758. The third kappa shape index (κ3) is 3.79. The molecule has 0 radical (unpaired) electrons. The summed E-state index contributed by atoms with van der Waals surface area (Å²) in [5.74, 6) is 2.81. The van der Waals surface area contributed by atoms with Gasteiger partial charge in [-0.25, -0.2) is 0 Å². The van der Waals surface area contributed by atoms with E-state index < -0.39 is 0 Å². The van der Waals surface area contributed by atoms with Crippen LogP contribution in [0.4, 0.5) is 0 Å². The van der Waals surface area contributed by atoms with Gasteiger partial charge in [-0.3, -0.25) is 9.48 Å². The Labute approximate surface area is 137 Å². The number of nitrogens with zero attached hydrogens (tertiary/aromatic N) is 5. The van der Waals surface area contributed by atoms with Crippen LogP contribution in [-0.4, -0.2) is 39.3 Å². The van der Waals surface area contributed by atoms with E-state index in [2.05, 4.69) is 27.4 Å². The number of aryl methyl sites for hydroxylation is 1. The Morgan fingerprint density at radius 3 is 2.96 bits per heavy atom. The highest BCUT2D eigenvalue weighted by Gasteiger charge is 2.39. The second kappa shape index (κ2) is 6.53. The van der Waals surface area contributed by atoms with Crippen LogP contribution >= 0.6 is 0 Å². The third-order valence-corrected chi connectivity index (χ3v) is 4.65. The Bertz CT molecular complexity index is 636. The molecule has 1 saturated heterocycles. The van der Waals surface area contributed by atoms with Gasteiger partial charge in [0.1, 0.15) is 0 Å². The van der Waals surface area contributed by atoms with Gasteiger partial charge in [-0.05, 0) is 25.3 Å². The van der Waals surface area contributed by atoms with E-state index in [9.17, 15) is 4.79 Å². The number of likely N-dealkylation sites (tertiary alicyclic amines) is 1. The fraction of sp³-hybridized carbons (Fsp3) is 0.647. The van der Waals surface area contributed by atoms with E-state index in [0.717, 1.165) is 37.9 Å². The molecule has 0 N–H and O–H groups in total. The van der Waals surface area contributed by atoms with E-state index in [1.165, 1.54) is 0 Å². The van der Waals surface area contributed by atoms with Crippen molar-refractivity contribution in [3.63, 3.8) is 0 Å². The van der Waals surface area contributed by atoms with Gasteiger partial charge < -0.3 is 4.90 Å². The lowest BCUT2D eigenvalue weighted by molar-refractivity contribution is -0.133. The Hall–Kier alpha value is -2.16. The van der Waals surface area contributed by atoms with Crippen molar-refractivity contribution in [3.8, 4) is 12.3 Å². The lowest BCUT2D eigenvalue weighted by Gasteiger charge is -2.33. The first-order valence-corrected chi connectivity index (χ1v) is 8.28. The van der Waals surface area contributed by atoms with E-state index in [1.807, 2.05) is 22.7 Å². The highest BCUT2D eigenvalue weighted by atomic mass is 16.2. The lowest BCUT2D eigenvalue weighted by Crippen LogP contribution is -2.41. The van der Waals surface area contributed by atoms with Crippen LogP contribution in [0.3, 0.4) is 0 Å². The molecule has 1 aromatic heterocycles. The Kier molecular flexibility index (Phi) is 4.46. The summed E-state index contributed by atoms with van der Waals surface area (Å²) in [6.07, 6.45) is 13.9. The van der Waals surface area contributed by atoms with E-state index >= 15 is 0 Å². The predicted molar refractivity (Wildman–Crippen MR) is 86.7 cm³/mol. The zero-order valence-electron chi connectivity index (χ0n) is 13.6. The van der Waals surface area contributed by atoms with Crippen LogP contribution in [0, 0.1) is 19.3 Å². The molecule has 122 valence electrons. The van der Waals surface area contributed by atoms with Gasteiger partial charge in [0.15, 0.2) is 5.66 Å². The number of amides is 1. The molecular formula is C17H23N5O. The molecule has 6 heteroatoms. The van der Waals surface area contributed by atoms with Crippen molar-refractivity contribution in [1.82, 2.24) is 14.7 Å². The van der Waals surface area contributed by atoms with Crippen molar-refractivity contribution in [2.75, 3.05) is 13.1 Å². The van der Waals surface area contributed by atoms with Gasteiger partial charge in [-0.15, -0.1) is 12.3 Å². The van der Waals surface area contributed by atoms with E-state index in [4.69, 9.17) is 6.42 Å². The normalized spacial score (nSPS) is 21.9. The molecule has 2 aliphatic rings. The molecule has 3 heterocycles. The molecule has 1 unspecified atom stereocenters. The van der Waals surface area contributed by atoms with Gasteiger partial charge in [0, 0.05) is 45.0 Å². The molecule has 23 heavy (non-hydrogen) atoms. The SMILES string of the molecule is C#CCCC1(CCC(=O)N2CCCC(n3cc(C)cn3)C2)N=N1. The third-order valence-electron chi connectivity index (χ3n) is 4.65. The van der Waals surface area contributed by atoms with E-state index in [-0.39, 0.29) is 17.6 Å². The standard InChI is InChI=1S/C17H23N5O/c1-3-4-8-17(19-20-17)9-7-16(23)21-10-5-6-15(13-21)22-12-14(2)11-18-22/h1,11-12,15H,4-10,13H2,2H3. The molecule has 1 fully saturated rings. The summed E-state index contributed by atoms with van der Waals surface area (Å²) >= 11 is 0. The molecule has 1 atom stereocenters. The maximum absolute atomic E-state index is 12.5. The highest BCUT2D eigenvalue weighted by molar-refractivity contribution is 5.76. The van der Waals surface area contributed by atoms with E-state index in [0.29, 0.717) is 19.3 Å². The average molecular weight is 313 g/mol. The Morgan fingerprint density at radius 2 is 2.30 bits per heavy atom. The predicted octanol–water partition coefficient (Wildman–Crippen LogP) is 2.71. The van der Waals surface area contributed by atoms with Crippen molar-refractivity contribution in [2.24, 2.45) is 10.2 Å². The topological polar surface area (TPSA) is 62.9 Å². The molecule has 3 rings (SSSR count). The van der Waals surface area contributed by atoms with Gasteiger partial charge >= 0.3 is 0 Å². The van der Waals surface area contributed by atoms with Crippen LogP contribution in [-0.2, 0) is 4.79 Å². The number of hydrogen-bond donors (Lipinski definition) is 0. The average Bonchev–Trinajstić information content (AvgIpc) is 3.22. The maximum atomic E-state index is 12.5. The molecule has 6 nitrogen and oxygen atoms in total. The minimum absolute atomic E-state index is 0.191. The summed E-state index contributed by atoms with van der Waals surface area (Å²) in [6.45, 7) is 3.61. The molecule has 0 aliphatic carbocycles. The molecule has 0 aromatic carbocycles. The number of carbonyl (C=O) groups is 1.